The highest BCUT2D eigenvalue weighted by molar-refractivity contribution is 5.99. The molecule has 216 valence electrons. The smallest absolute Gasteiger partial charge is 0.236 e. The fourth-order valence-corrected chi connectivity index (χ4v) is 6.59. The van der Waals surface area contributed by atoms with Gasteiger partial charge in [-0.05, 0) is 51.9 Å². The van der Waals surface area contributed by atoms with Crippen molar-refractivity contribution in [1.29, 1.82) is 0 Å². The van der Waals surface area contributed by atoms with Crippen LogP contribution in [0.5, 0.6) is 0 Å². The van der Waals surface area contributed by atoms with E-state index in [0.29, 0.717) is 11.9 Å². The number of aromatic nitrogens is 1. The quantitative estimate of drug-likeness (QED) is 0.141. The maximum absolute atomic E-state index is 13.5. The number of hydrogen-bond acceptors (Lipinski definition) is 4. The minimum Gasteiger partial charge on any atom is -0.356 e. The molecule has 6 rings (SSSR count). The Bertz CT molecular complexity index is 1690. The molecule has 0 N–H and O–H groups in total. The first-order valence-electron chi connectivity index (χ1n) is 14.7. The van der Waals surface area contributed by atoms with Gasteiger partial charge in [0, 0.05) is 28.8 Å². The van der Waals surface area contributed by atoms with Crippen molar-refractivity contribution in [1.82, 2.24) is 4.57 Å². The molecule has 1 heterocycles. The van der Waals surface area contributed by atoms with Crippen molar-refractivity contribution in [2.45, 2.75) is 51.2 Å². The lowest BCUT2D eigenvalue weighted by Crippen LogP contribution is -2.33. The molecule has 5 heteroatoms. The summed E-state index contributed by atoms with van der Waals surface area (Å²) < 4.78 is 8.80. The van der Waals surface area contributed by atoms with E-state index in [1.807, 2.05) is 87.5 Å². The van der Waals surface area contributed by atoms with Gasteiger partial charge in [-0.2, -0.15) is 0 Å². The van der Waals surface area contributed by atoms with Crippen LogP contribution in [0.4, 0.5) is 0 Å². The van der Waals surface area contributed by atoms with Gasteiger partial charge in [0.2, 0.25) is 5.91 Å². The van der Waals surface area contributed by atoms with Gasteiger partial charge in [-0.15, -0.1) is 0 Å². The lowest BCUT2D eigenvalue weighted by molar-refractivity contribution is -0.110. The van der Waals surface area contributed by atoms with E-state index >= 15 is 0 Å². The molecule has 0 amide bonds. The Balaban J connectivity index is 1.56. The Hall–Kier alpha value is -4.61. The normalized spacial score (nSPS) is 16.6. The second-order valence-electron chi connectivity index (χ2n) is 12.3. The minimum atomic E-state index is -0.945. The van der Waals surface area contributed by atoms with Crippen LogP contribution in [0, 0.1) is 5.41 Å². The second-order valence-corrected chi connectivity index (χ2v) is 12.3. The summed E-state index contributed by atoms with van der Waals surface area (Å²) in [5.41, 5.74) is 4.47. The Morgan fingerprint density at radius 1 is 0.767 bits per heavy atom. The zero-order valence-corrected chi connectivity index (χ0v) is 24.7. The van der Waals surface area contributed by atoms with Gasteiger partial charge in [0.05, 0.1) is 12.1 Å². The van der Waals surface area contributed by atoms with E-state index in [9.17, 15) is 14.4 Å². The van der Waals surface area contributed by atoms with Gasteiger partial charge in [0.1, 0.15) is 18.2 Å². The Morgan fingerprint density at radius 3 is 1.72 bits per heavy atom. The molecule has 0 bridgehead atoms. The van der Waals surface area contributed by atoms with E-state index in [1.165, 1.54) is 0 Å². The third-order valence-electron chi connectivity index (χ3n) is 8.56. The van der Waals surface area contributed by atoms with Gasteiger partial charge in [0.25, 0.3) is 0 Å². The Kier molecular flexibility index (Phi) is 7.45. The highest BCUT2D eigenvalue weighted by Gasteiger charge is 2.40. The number of carbonyl (C=O) groups is 3. The number of hydrogen-bond donors (Lipinski definition) is 0. The molecule has 0 spiro atoms. The largest absolute Gasteiger partial charge is 0.356 e. The predicted octanol–water partition coefficient (Wildman–Crippen LogP) is 7.81. The third kappa shape index (κ3) is 4.84. The molecule has 0 fully saturated rings. The number of fused-ring (bicyclic) bond motifs is 3. The van der Waals surface area contributed by atoms with E-state index in [2.05, 4.69) is 36.4 Å². The average Bonchev–Trinajstić information content (AvgIpc) is 3.63. The van der Waals surface area contributed by atoms with Crippen LogP contribution in [0.25, 0.3) is 10.9 Å². The molecule has 4 aromatic carbocycles. The summed E-state index contributed by atoms with van der Waals surface area (Å²) in [6.07, 6.45) is 3.99. The first kappa shape index (κ1) is 28.5. The van der Waals surface area contributed by atoms with E-state index in [4.69, 9.17) is 4.74 Å². The summed E-state index contributed by atoms with van der Waals surface area (Å²) in [6.45, 7) is 5.83. The maximum atomic E-state index is 13.5. The maximum Gasteiger partial charge on any atom is 0.236 e. The SMILES string of the molecule is CC(C)(C)C(=O)n1ccc2cc(COC(c3ccccc3)(c3ccccc3)c3ccccc3)c3c(c21)[C@@H](C=O)C[C@H]3C=O. The number of carbonyl (C=O) groups excluding carboxylic acids is 3. The summed E-state index contributed by atoms with van der Waals surface area (Å²) in [6, 6.07) is 34.4. The molecule has 43 heavy (non-hydrogen) atoms. The minimum absolute atomic E-state index is 0.0656. The van der Waals surface area contributed by atoms with E-state index in [-0.39, 0.29) is 12.5 Å². The van der Waals surface area contributed by atoms with Crippen molar-refractivity contribution >= 4 is 29.4 Å². The summed E-state index contributed by atoms with van der Waals surface area (Å²) in [7, 11) is 0. The standard InChI is InChI=1S/C38H35NO4/c1-37(2,3)36(42)39-20-19-26-21-29(33-27(23-40)22-28(24-41)34(33)35(26)39)25-43-38(30-13-7-4-8-14-30,31-15-9-5-10-16-31)32-17-11-6-12-18-32/h4-21,23-24,27-28H,22,25H2,1-3H3/t27-,28+/m0/s1. The van der Waals surface area contributed by atoms with E-state index < -0.39 is 22.9 Å². The Labute approximate surface area is 252 Å². The van der Waals surface area contributed by atoms with Crippen LogP contribution >= 0.6 is 0 Å². The highest BCUT2D eigenvalue weighted by atomic mass is 16.5. The van der Waals surface area contributed by atoms with Crippen LogP contribution in [0.3, 0.4) is 0 Å². The molecule has 5 nitrogen and oxygen atoms in total. The molecule has 1 aromatic heterocycles. The zero-order valence-electron chi connectivity index (χ0n) is 24.7. The van der Waals surface area contributed by atoms with Gasteiger partial charge in [-0.1, -0.05) is 112 Å². The lowest BCUT2D eigenvalue weighted by atomic mass is 9.80. The Morgan fingerprint density at radius 2 is 1.26 bits per heavy atom. The molecule has 0 unspecified atom stereocenters. The molecular formula is C38H35NO4. The van der Waals surface area contributed by atoms with Gasteiger partial charge in [0.15, 0.2) is 0 Å². The van der Waals surface area contributed by atoms with Crippen LogP contribution in [-0.4, -0.2) is 23.0 Å². The van der Waals surface area contributed by atoms with Crippen molar-refractivity contribution in [3.63, 3.8) is 0 Å². The van der Waals surface area contributed by atoms with Gasteiger partial charge in [-0.25, -0.2) is 0 Å². The van der Waals surface area contributed by atoms with Crippen LogP contribution in [0.2, 0.25) is 0 Å². The summed E-state index contributed by atoms with van der Waals surface area (Å²) >= 11 is 0. The van der Waals surface area contributed by atoms with Crippen molar-refractivity contribution in [2.24, 2.45) is 5.41 Å². The number of benzene rings is 4. The van der Waals surface area contributed by atoms with Crippen LogP contribution in [0.1, 0.15) is 77.2 Å². The monoisotopic (exact) mass is 569 g/mol. The van der Waals surface area contributed by atoms with Crippen LogP contribution < -0.4 is 0 Å². The zero-order chi connectivity index (χ0) is 30.2. The molecule has 2 atom stereocenters. The van der Waals surface area contributed by atoms with Crippen molar-refractivity contribution in [2.75, 3.05) is 0 Å². The number of aldehydes is 2. The molecule has 0 radical (unpaired) electrons. The average molecular weight is 570 g/mol. The van der Waals surface area contributed by atoms with Gasteiger partial charge >= 0.3 is 0 Å². The predicted molar refractivity (Wildman–Crippen MR) is 168 cm³/mol. The van der Waals surface area contributed by atoms with E-state index in [1.54, 1.807) is 10.8 Å². The van der Waals surface area contributed by atoms with Crippen LogP contribution in [0.15, 0.2) is 109 Å². The fraction of sp³-hybridized carbons (Fsp3) is 0.237. The molecule has 1 aliphatic rings. The van der Waals surface area contributed by atoms with Crippen LogP contribution in [-0.2, 0) is 26.5 Å². The number of ether oxygens (including phenoxy) is 1. The highest BCUT2D eigenvalue weighted by Crippen LogP contribution is 2.48. The number of nitrogens with zero attached hydrogens (tertiary/aromatic N) is 1. The van der Waals surface area contributed by atoms with E-state index in [0.717, 1.165) is 51.3 Å². The first-order chi connectivity index (χ1) is 20.8. The molecule has 5 aromatic rings. The van der Waals surface area contributed by atoms with Crippen molar-refractivity contribution in [3.05, 3.63) is 143 Å². The molecule has 1 aliphatic carbocycles. The first-order valence-corrected chi connectivity index (χ1v) is 14.7. The fourth-order valence-electron chi connectivity index (χ4n) is 6.59. The summed E-state index contributed by atoms with van der Waals surface area (Å²) in [4.78, 5) is 38.4. The van der Waals surface area contributed by atoms with Crippen molar-refractivity contribution < 1.29 is 19.1 Å². The number of rotatable bonds is 8. The summed E-state index contributed by atoms with van der Waals surface area (Å²) in [5, 5.41) is 0.845. The molecular weight excluding hydrogens is 534 g/mol. The van der Waals surface area contributed by atoms with Gasteiger partial charge in [-0.3, -0.25) is 9.36 Å². The molecule has 0 saturated carbocycles. The second kappa shape index (κ2) is 11.2. The lowest BCUT2D eigenvalue weighted by Gasteiger charge is -2.36. The summed E-state index contributed by atoms with van der Waals surface area (Å²) in [5.74, 6) is -1.03. The third-order valence-corrected chi connectivity index (χ3v) is 8.56. The van der Waals surface area contributed by atoms with Crippen molar-refractivity contribution in [3.8, 4) is 0 Å². The topological polar surface area (TPSA) is 65.4 Å². The molecule has 0 saturated heterocycles. The molecule has 0 aliphatic heterocycles. The van der Waals surface area contributed by atoms with Gasteiger partial charge < -0.3 is 14.3 Å².